The molecule has 0 amide bonds. The van der Waals surface area contributed by atoms with Crippen LogP contribution in [0.4, 0.5) is 5.69 Å². The summed E-state index contributed by atoms with van der Waals surface area (Å²) < 4.78 is 7.54. The Labute approximate surface area is 96.6 Å². The van der Waals surface area contributed by atoms with Crippen LogP contribution in [0.3, 0.4) is 0 Å². The molecule has 16 heavy (non-hydrogen) atoms. The minimum atomic E-state index is 0.0477. The van der Waals surface area contributed by atoms with E-state index in [9.17, 15) is 0 Å². The van der Waals surface area contributed by atoms with Gasteiger partial charge < -0.3 is 10.5 Å². The fourth-order valence-electron chi connectivity index (χ4n) is 1.58. The first-order chi connectivity index (χ1) is 7.51. The summed E-state index contributed by atoms with van der Waals surface area (Å²) in [7, 11) is 0. The van der Waals surface area contributed by atoms with Crippen molar-refractivity contribution in [3.8, 4) is 11.9 Å². The summed E-state index contributed by atoms with van der Waals surface area (Å²) >= 11 is 0. The van der Waals surface area contributed by atoms with Gasteiger partial charge in [-0.25, -0.2) is 0 Å². The number of nitrogens with two attached hydrogens (primary N) is 1. The number of nitrogen functional groups attached to an aromatic ring is 1. The van der Waals surface area contributed by atoms with Gasteiger partial charge in [0, 0.05) is 12.1 Å². The molecule has 0 aromatic carbocycles. The maximum atomic E-state index is 9.05. The van der Waals surface area contributed by atoms with Crippen molar-refractivity contribution in [2.45, 2.75) is 46.3 Å². The lowest BCUT2D eigenvalue weighted by Crippen LogP contribution is -2.14. The maximum absolute atomic E-state index is 9.05. The molecular weight excluding hydrogens is 202 g/mol. The molecule has 2 N–H and O–H groups in total. The van der Waals surface area contributed by atoms with Gasteiger partial charge >= 0.3 is 0 Å². The highest BCUT2D eigenvalue weighted by Crippen LogP contribution is 2.32. The van der Waals surface area contributed by atoms with Gasteiger partial charge in [0.2, 0.25) is 5.88 Å². The molecule has 0 fully saturated rings. The zero-order chi connectivity index (χ0) is 12.3. The second-order valence-corrected chi connectivity index (χ2v) is 4.20. The predicted octanol–water partition coefficient (Wildman–Crippen LogP) is 2.70. The van der Waals surface area contributed by atoms with Gasteiger partial charge in [-0.3, -0.25) is 4.57 Å². The van der Waals surface area contributed by atoms with Crippen LogP contribution in [0.5, 0.6) is 5.88 Å². The summed E-state index contributed by atoms with van der Waals surface area (Å²) in [5.41, 5.74) is 6.95. The third kappa shape index (κ3) is 2.30. The van der Waals surface area contributed by atoms with E-state index < -0.39 is 0 Å². The van der Waals surface area contributed by atoms with Crippen molar-refractivity contribution >= 4 is 5.69 Å². The van der Waals surface area contributed by atoms with Gasteiger partial charge in [-0.15, -0.1) is 0 Å². The molecule has 0 unspecified atom stereocenters. The van der Waals surface area contributed by atoms with E-state index in [1.807, 2.05) is 25.3 Å². The summed E-state index contributed by atoms with van der Waals surface area (Å²) in [5, 5.41) is 9.05. The molecule has 0 aliphatic carbocycles. The molecule has 0 aliphatic rings. The van der Waals surface area contributed by atoms with Crippen LogP contribution in [0.25, 0.3) is 0 Å². The number of anilines is 1. The SMILES string of the molecule is CC[C@@H](C)n1c(C#N)cc(N)c1OC(C)C. The number of nitrogens with zero attached hydrogens (tertiary/aromatic N) is 2. The van der Waals surface area contributed by atoms with Gasteiger partial charge in [0.25, 0.3) is 0 Å². The van der Waals surface area contributed by atoms with Crippen LogP contribution < -0.4 is 10.5 Å². The number of ether oxygens (including phenoxy) is 1. The lowest BCUT2D eigenvalue weighted by atomic mass is 10.2. The minimum Gasteiger partial charge on any atom is -0.475 e. The van der Waals surface area contributed by atoms with E-state index in [0.29, 0.717) is 17.3 Å². The smallest absolute Gasteiger partial charge is 0.218 e. The zero-order valence-electron chi connectivity index (χ0n) is 10.3. The average Bonchev–Trinajstić information content (AvgIpc) is 2.54. The topological polar surface area (TPSA) is 64.0 Å². The first-order valence-electron chi connectivity index (χ1n) is 5.58. The molecule has 1 aromatic heterocycles. The zero-order valence-corrected chi connectivity index (χ0v) is 10.3. The molecule has 1 aromatic rings. The van der Waals surface area contributed by atoms with Crippen molar-refractivity contribution in [1.82, 2.24) is 4.57 Å². The molecule has 4 nitrogen and oxygen atoms in total. The Kier molecular flexibility index (Phi) is 3.83. The number of hydrogen-bond donors (Lipinski definition) is 1. The van der Waals surface area contributed by atoms with Crippen LogP contribution in [0.1, 0.15) is 45.9 Å². The van der Waals surface area contributed by atoms with Gasteiger partial charge in [0.05, 0.1) is 11.8 Å². The summed E-state index contributed by atoms with van der Waals surface area (Å²) in [6, 6.07) is 4.03. The summed E-state index contributed by atoms with van der Waals surface area (Å²) in [5.74, 6) is 0.612. The molecule has 0 radical (unpaired) electrons. The van der Waals surface area contributed by atoms with Crippen molar-refractivity contribution in [2.24, 2.45) is 0 Å². The van der Waals surface area contributed by atoms with Gasteiger partial charge in [-0.1, -0.05) is 6.92 Å². The Morgan fingerprint density at radius 1 is 1.50 bits per heavy atom. The second kappa shape index (κ2) is 4.93. The van der Waals surface area contributed by atoms with E-state index in [4.69, 9.17) is 15.7 Å². The van der Waals surface area contributed by atoms with Crippen LogP contribution >= 0.6 is 0 Å². The molecule has 0 aliphatic heterocycles. The van der Waals surface area contributed by atoms with Gasteiger partial charge in [-0.2, -0.15) is 5.26 Å². The highest BCUT2D eigenvalue weighted by atomic mass is 16.5. The third-order valence-corrected chi connectivity index (χ3v) is 2.51. The van der Waals surface area contributed by atoms with Crippen molar-refractivity contribution in [2.75, 3.05) is 5.73 Å². The number of hydrogen-bond acceptors (Lipinski definition) is 3. The monoisotopic (exact) mass is 221 g/mol. The quantitative estimate of drug-likeness (QED) is 0.850. The third-order valence-electron chi connectivity index (χ3n) is 2.51. The molecule has 0 saturated carbocycles. The lowest BCUT2D eigenvalue weighted by molar-refractivity contribution is 0.217. The molecule has 0 spiro atoms. The largest absolute Gasteiger partial charge is 0.475 e. The molecule has 4 heteroatoms. The van der Waals surface area contributed by atoms with E-state index in [2.05, 4.69) is 13.0 Å². The number of aromatic nitrogens is 1. The Balaban J connectivity index is 3.24. The van der Waals surface area contributed by atoms with Crippen molar-refractivity contribution in [1.29, 1.82) is 5.26 Å². The van der Waals surface area contributed by atoms with Crippen LogP contribution in [0.15, 0.2) is 6.07 Å². The lowest BCUT2D eigenvalue weighted by Gasteiger charge is -2.19. The first kappa shape index (κ1) is 12.4. The van der Waals surface area contributed by atoms with Crippen LogP contribution in [-0.2, 0) is 0 Å². The van der Waals surface area contributed by atoms with Gasteiger partial charge in [0.1, 0.15) is 11.8 Å². The van der Waals surface area contributed by atoms with Crippen LogP contribution in [0, 0.1) is 11.3 Å². The molecule has 1 atom stereocenters. The standard InChI is InChI=1S/C12H19N3O/c1-5-9(4)15-10(7-13)6-11(14)12(15)16-8(2)3/h6,8-9H,5,14H2,1-4H3/t9-/m1/s1. The van der Waals surface area contributed by atoms with Gasteiger partial charge in [-0.05, 0) is 27.2 Å². The Morgan fingerprint density at radius 3 is 2.56 bits per heavy atom. The normalized spacial score (nSPS) is 12.5. The minimum absolute atomic E-state index is 0.0477. The van der Waals surface area contributed by atoms with Crippen LogP contribution in [-0.4, -0.2) is 10.7 Å². The molecule has 88 valence electrons. The Morgan fingerprint density at radius 2 is 2.12 bits per heavy atom. The molecule has 1 heterocycles. The Hall–Kier alpha value is -1.63. The molecule has 0 bridgehead atoms. The van der Waals surface area contributed by atoms with E-state index >= 15 is 0 Å². The van der Waals surface area contributed by atoms with Crippen molar-refractivity contribution in [3.05, 3.63) is 11.8 Å². The summed E-state index contributed by atoms with van der Waals surface area (Å²) in [6.45, 7) is 8.01. The fraction of sp³-hybridized carbons (Fsp3) is 0.583. The maximum Gasteiger partial charge on any atom is 0.218 e. The van der Waals surface area contributed by atoms with Gasteiger partial charge in [0.15, 0.2) is 0 Å². The molecular formula is C12H19N3O. The highest BCUT2D eigenvalue weighted by molar-refractivity contribution is 5.55. The van der Waals surface area contributed by atoms with Crippen LogP contribution in [0.2, 0.25) is 0 Å². The van der Waals surface area contributed by atoms with E-state index in [0.717, 1.165) is 6.42 Å². The highest BCUT2D eigenvalue weighted by Gasteiger charge is 2.18. The first-order valence-corrected chi connectivity index (χ1v) is 5.58. The number of nitriles is 1. The number of rotatable bonds is 4. The van der Waals surface area contributed by atoms with E-state index in [1.54, 1.807) is 6.07 Å². The van der Waals surface area contributed by atoms with E-state index in [1.165, 1.54) is 0 Å². The summed E-state index contributed by atoms with van der Waals surface area (Å²) in [6.07, 6.45) is 0.976. The van der Waals surface area contributed by atoms with E-state index in [-0.39, 0.29) is 12.1 Å². The predicted molar refractivity (Wildman–Crippen MR) is 64.3 cm³/mol. The fourth-order valence-corrected chi connectivity index (χ4v) is 1.58. The van der Waals surface area contributed by atoms with Crippen molar-refractivity contribution in [3.63, 3.8) is 0 Å². The molecule has 1 rings (SSSR count). The summed E-state index contributed by atoms with van der Waals surface area (Å²) in [4.78, 5) is 0. The average molecular weight is 221 g/mol. The van der Waals surface area contributed by atoms with Crippen molar-refractivity contribution < 1.29 is 4.74 Å². The second-order valence-electron chi connectivity index (χ2n) is 4.20. The molecule has 0 saturated heterocycles. The Bertz CT molecular complexity index is 401.